The molecule has 12 heteroatoms. The zero-order chi connectivity index (χ0) is 30.7. The number of ketones is 1. The molecule has 4 fully saturated rings. The molecule has 3 aliphatic carbocycles. The van der Waals surface area contributed by atoms with Gasteiger partial charge in [0.2, 0.25) is 17.6 Å². The highest BCUT2D eigenvalue weighted by atomic mass is 32.2. The van der Waals surface area contributed by atoms with Gasteiger partial charge in [-0.2, -0.15) is 0 Å². The summed E-state index contributed by atoms with van der Waals surface area (Å²) in [6.45, 7) is 4.53. The fourth-order valence-electron chi connectivity index (χ4n) is 7.89. The van der Waals surface area contributed by atoms with Crippen LogP contribution in [0.2, 0.25) is 0 Å². The van der Waals surface area contributed by atoms with Crippen molar-refractivity contribution >= 4 is 39.4 Å². The number of amidine groups is 1. The molecular formula is C31H41N5O6S. The van der Waals surface area contributed by atoms with E-state index >= 15 is 0 Å². The van der Waals surface area contributed by atoms with E-state index in [1.807, 2.05) is 0 Å². The van der Waals surface area contributed by atoms with Gasteiger partial charge in [-0.15, -0.1) is 0 Å². The number of piperidine rings is 1. The van der Waals surface area contributed by atoms with Crippen molar-refractivity contribution in [1.82, 2.24) is 14.9 Å². The standard InChI is InChI=1S/C31H41N5O6S/c1-31(2)20-16-36(25(23(20)31)29(39)33-21(26(37)27(32)38)15-17-9-8-10-17)30(40)24(18-11-4-3-5-12-18)34-28-19-13-6-7-14-22(19)43(41,42)35-28/h6-7,13-14,17-18,20-21,23-25H,3-5,8-12,15-16H2,1-2H3,(H2,32,38)(H,33,39)(H,34,35)/t20-,21?,23?,24-,25?/m1/s1. The number of rotatable bonds is 9. The number of benzene rings is 1. The summed E-state index contributed by atoms with van der Waals surface area (Å²) in [5.74, 6) is -2.35. The van der Waals surface area contributed by atoms with E-state index in [1.54, 1.807) is 23.1 Å². The Labute approximate surface area is 252 Å². The molecule has 0 spiro atoms. The number of hydrogen-bond acceptors (Lipinski definition) is 7. The van der Waals surface area contributed by atoms with Crippen molar-refractivity contribution in [3.8, 4) is 0 Å². The van der Waals surface area contributed by atoms with Gasteiger partial charge >= 0.3 is 0 Å². The van der Waals surface area contributed by atoms with Gasteiger partial charge in [0.15, 0.2) is 0 Å². The van der Waals surface area contributed by atoms with Crippen molar-refractivity contribution in [2.75, 3.05) is 6.54 Å². The lowest BCUT2D eigenvalue weighted by Gasteiger charge is -2.36. The van der Waals surface area contributed by atoms with Gasteiger partial charge in [0.1, 0.15) is 17.9 Å². The topological polar surface area (TPSA) is 168 Å². The number of nitrogens with zero attached hydrogens (tertiary/aromatic N) is 2. The number of likely N-dealkylation sites (tertiary alicyclic amines) is 1. The third-order valence-corrected chi connectivity index (χ3v) is 12.1. The van der Waals surface area contributed by atoms with E-state index in [0.717, 1.165) is 51.4 Å². The SMILES string of the molecule is CC1(C)C2C(C(=O)NC(CC3CCC3)C(=O)C(N)=O)N(C(=O)[C@H](N=C3NS(=O)(=O)c4ccccc43)C3CCCCC3)C[C@H]21. The van der Waals surface area contributed by atoms with Gasteiger partial charge in [-0.1, -0.05) is 64.5 Å². The number of nitrogens with one attached hydrogen (secondary N) is 2. The lowest BCUT2D eigenvalue weighted by atomic mass is 9.80. The lowest BCUT2D eigenvalue weighted by molar-refractivity contribution is -0.144. The summed E-state index contributed by atoms with van der Waals surface area (Å²) in [5, 5.41) is 2.82. The van der Waals surface area contributed by atoms with Gasteiger partial charge in [0.25, 0.3) is 15.9 Å². The van der Waals surface area contributed by atoms with Gasteiger partial charge < -0.3 is 16.0 Å². The van der Waals surface area contributed by atoms with E-state index in [2.05, 4.69) is 23.9 Å². The molecule has 0 radical (unpaired) electrons. The number of amides is 3. The largest absolute Gasteiger partial charge is 0.363 e. The van der Waals surface area contributed by atoms with E-state index in [1.165, 1.54) is 6.07 Å². The molecule has 2 aliphatic heterocycles. The van der Waals surface area contributed by atoms with Crippen LogP contribution in [0, 0.1) is 29.1 Å². The minimum absolute atomic E-state index is 0.0949. The third kappa shape index (κ3) is 5.36. The van der Waals surface area contributed by atoms with Crippen LogP contribution in [0.4, 0.5) is 0 Å². The Hall–Kier alpha value is -3.28. The number of primary amides is 1. The van der Waals surface area contributed by atoms with Crippen molar-refractivity contribution < 1.29 is 27.6 Å². The van der Waals surface area contributed by atoms with Crippen molar-refractivity contribution in [3.05, 3.63) is 29.8 Å². The van der Waals surface area contributed by atoms with Gasteiger partial charge in [0.05, 0.1) is 10.9 Å². The number of carbonyl (C=O) groups excluding carboxylic acids is 4. The van der Waals surface area contributed by atoms with Crippen molar-refractivity contribution in [2.45, 2.75) is 94.7 Å². The average molecular weight is 612 g/mol. The summed E-state index contributed by atoms with van der Waals surface area (Å²) in [4.78, 5) is 59.5. The first-order chi connectivity index (χ1) is 20.4. The fourth-order valence-corrected chi connectivity index (χ4v) is 9.13. The minimum atomic E-state index is -3.79. The molecule has 232 valence electrons. The first-order valence-corrected chi connectivity index (χ1v) is 17.0. The van der Waals surface area contributed by atoms with Crippen LogP contribution >= 0.6 is 0 Å². The Balaban J connectivity index is 1.31. The number of nitrogens with two attached hydrogens (primary N) is 1. The van der Waals surface area contributed by atoms with Crippen LogP contribution in [0.5, 0.6) is 0 Å². The van der Waals surface area contributed by atoms with Crippen LogP contribution in [0.3, 0.4) is 0 Å². The Kier molecular flexibility index (Phi) is 7.63. The Morgan fingerprint density at radius 1 is 1.07 bits per heavy atom. The maximum atomic E-state index is 14.5. The molecule has 3 amide bonds. The van der Waals surface area contributed by atoms with Gasteiger partial charge in [-0.05, 0) is 60.5 Å². The first-order valence-electron chi connectivity index (χ1n) is 15.5. The smallest absolute Gasteiger partial charge is 0.287 e. The first kappa shape index (κ1) is 29.8. The van der Waals surface area contributed by atoms with E-state index in [0.29, 0.717) is 18.5 Å². The molecule has 11 nitrogen and oxygen atoms in total. The van der Waals surface area contributed by atoms with Gasteiger partial charge in [0, 0.05) is 12.1 Å². The number of aliphatic imine (C=N–C) groups is 1. The van der Waals surface area contributed by atoms with Crippen LogP contribution in [0.25, 0.3) is 0 Å². The highest BCUT2D eigenvalue weighted by molar-refractivity contribution is 7.90. The summed E-state index contributed by atoms with van der Waals surface area (Å²) >= 11 is 0. The zero-order valence-electron chi connectivity index (χ0n) is 24.8. The van der Waals surface area contributed by atoms with Crippen LogP contribution in [0.15, 0.2) is 34.2 Å². The Bertz CT molecular complexity index is 1480. The molecule has 6 rings (SSSR count). The highest BCUT2D eigenvalue weighted by Gasteiger charge is 2.69. The molecule has 2 heterocycles. The van der Waals surface area contributed by atoms with Crippen LogP contribution in [-0.2, 0) is 29.2 Å². The normalized spacial score (nSPS) is 29.5. The molecule has 3 unspecified atom stereocenters. The number of carbonyl (C=O) groups is 4. The predicted octanol–water partition coefficient (Wildman–Crippen LogP) is 1.89. The molecule has 1 aromatic carbocycles. The van der Waals surface area contributed by atoms with E-state index in [9.17, 15) is 27.6 Å². The third-order valence-electron chi connectivity index (χ3n) is 10.7. The quantitative estimate of drug-likeness (QED) is 0.360. The summed E-state index contributed by atoms with van der Waals surface area (Å²) in [5.41, 5.74) is 5.61. The zero-order valence-corrected chi connectivity index (χ0v) is 25.6. The lowest BCUT2D eigenvalue weighted by Crippen LogP contribution is -2.57. The molecule has 1 saturated heterocycles. The van der Waals surface area contributed by atoms with Crippen molar-refractivity contribution in [3.63, 3.8) is 0 Å². The monoisotopic (exact) mass is 611 g/mol. The maximum absolute atomic E-state index is 14.5. The van der Waals surface area contributed by atoms with E-state index in [4.69, 9.17) is 10.7 Å². The molecule has 43 heavy (non-hydrogen) atoms. The van der Waals surface area contributed by atoms with Crippen molar-refractivity contribution in [2.24, 2.45) is 39.8 Å². The summed E-state index contributed by atoms with van der Waals surface area (Å²) in [6, 6.07) is 3.86. The molecule has 5 aliphatic rings. The Morgan fingerprint density at radius 2 is 1.77 bits per heavy atom. The number of Topliss-reactive ketones (excluding diaryl/α,β-unsaturated/α-hetero) is 1. The number of fused-ring (bicyclic) bond motifs is 2. The second-order valence-electron chi connectivity index (χ2n) is 13.6. The van der Waals surface area contributed by atoms with Gasteiger partial charge in [-0.3, -0.25) is 28.9 Å². The van der Waals surface area contributed by atoms with E-state index in [-0.39, 0.29) is 45.7 Å². The predicted molar refractivity (Wildman–Crippen MR) is 158 cm³/mol. The molecule has 4 N–H and O–H groups in total. The highest BCUT2D eigenvalue weighted by Crippen LogP contribution is 2.65. The molecule has 0 bridgehead atoms. The summed E-state index contributed by atoms with van der Waals surface area (Å²) in [6.07, 6.45) is 7.77. The number of sulfonamides is 1. The number of hydrogen-bond donors (Lipinski definition) is 3. The maximum Gasteiger partial charge on any atom is 0.287 e. The second kappa shape index (κ2) is 11.0. The van der Waals surface area contributed by atoms with Crippen LogP contribution in [-0.4, -0.2) is 67.3 Å². The van der Waals surface area contributed by atoms with Crippen LogP contribution < -0.4 is 15.8 Å². The van der Waals surface area contributed by atoms with E-state index < -0.39 is 45.7 Å². The fraction of sp³-hybridized carbons (Fsp3) is 0.645. The average Bonchev–Trinajstić information content (AvgIpc) is 3.24. The molecule has 5 atom stereocenters. The van der Waals surface area contributed by atoms with Gasteiger partial charge in [-0.25, -0.2) is 8.42 Å². The summed E-state index contributed by atoms with van der Waals surface area (Å²) < 4.78 is 28.2. The molecule has 3 saturated carbocycles. The summed E-state index contributed by atoms with van der Waals surface area (Å²) in [7, 11) is -3.79. The van der Waals surface area contributed by atoms with Crippen LogP contribution in [0.1, 0.15) is 77.2 Å². The second-order valence-corrected chi connectivity index (χ2v) is 15.3. The Morgan fingerprint density at radius 3 is 2.42 bits per heavy atom. The minimum Gasteiger partial charge on any atom is -0.363 e. The molecule has 0 aromatic heterocycles. The van der Waals surface area contributed by atoms with Crippen molar-refractivity contribution in [1.29, 1.82) is 0 Å². The molecule has 1 aromatic rings. The molecular weight excluding hydrogens is 570 g/mol.